The van der Waals surface area contributed by atoms with Gasteiger partial charge in [0.15, 0.2) is 0 Å². The molecule has 1 amide bonds. The maximum atomic E-state index is 12.5. The van der Waals surface area contributed by atoms with Crippen LogP contribution in [-0.2, 0) is 4.79 Å². The Balaban J connectivity index is 1.89. The molecular formula is C15H28N2O. The van der Waals surface area contributed by atoms with E-state index in [9.17, 15) is 4.79 Å². The Morgan fingerprint density at radius 1 is 1.28 bits per heavy atom. The average Bonchev–Trinajstić information content (AvgIpc) is 2.41. The van der Waals surface area contributed by atoms with Gasteiger partial charge in [-0.3, -0.25) is 4.79 Å². The Morgan fingerprint density at radius 2 is 2.11 bits per heavy atom. The summed E-state index contributed by atoms with van der Waals surface area (Å²) in [5, 5.41) is 3.52. The Morgan fingerprint density at radius 3 is 2.83 bits per heavy atom. The Kier molecular flexibility index (Phi) is 5.04. The number of amides is 1. The zero-order valence-corrected chi connectivity index (χ0v) is 12.0. The summed E-state index contributed by atoms with van der Waals surface area (Å²) in [6.07, 6.45) is 8.03. The second-order valence-electron chi connectivity index (χ2n) is 6.03. The highest BCUT2D eigenvalue weighted by Gasteiger charge is 2.29. The van der Waals surface area contributed by atoms with Crippen LogP contribution in [0.5, 0.6) is 0 Å². The van der Waals surface area contributed by atoms with Crippen molar-refractivity contribution in [3.05, 3.63) is 0 Å². The van der Waals surface area contributed by atoms with Crippen LogP contribution in [0.2, 0.25) is 0 Å². The van der Waals surface area contributed by atoms with Crippen molar-refractivity contribution in [2.75, 3.05) is 13.1 Å². The lowest BCUT2D eigenvalue weighted by Gasteiger charge is -2.37. The topological polar surface area (TPSA) is 32.3 Å². The first kappa shape index (κ1) is 13.9. The molecule has 2 fully saturated rings. The van der Waals surface area contributed by atoms with Crippen LogP contribution in [0.4, 0.5) is 0 Å². The largest absolute Gasteiger partial charge is 0.340 e. The van der Waals surface area contributed by atoms with Crippen LogP contribution in [0, 0.1) is 5.92 Å². The van der Waals surface area contributed by atoms with Crippen LogP contribution in [0.25, 0.3) is 0 Å². The third-order valence-corrected chi connectivity index (χ3v) is 4.74. The van der Waals surface area contributed by atoms with Gasteiger partial charge in [0.25, 0.3) is 0 Å². The van der Waals surface area contributed by atoms with Crippen LogP contribution < -0.4 is 5.32 Å². The molecule has 3 atom stereocenters. The summed E-state index contributed by atoms with van der Waals surface area (Å²) < 4.78 is 0. The third kappa shape index (κ3) is 3.25. The molecule has 3 nitrogen and oxygen atoms in total. The molecule has 0 bridgehead atoms. The summed E-state index contributed by atoms with van der Waals surface area (Å²) >= 11 is 0. The molecule has 2 heterocycles. The standard InChI is InChI=1S/C15H28N2O/c1-3-13-8-4-5-10-17(13)15(18)11-14-12(2)7-6-9-16-14/h12-14,16H,3-11H2,1-2H3. The highest BCUT2D eigenvalue weighted by atomic mass is 16.2. The molecule has 2 aliphatic rings. The van der Waals surface area contributed by atoms with Crippen molar-refractivity contribution in [1.29, 1.82) is 0 Å². The quantitative estimate of drug-likeness (QED) is 0.837. The number of rotatable bonds is 3. The van der Waals surface area contributed by atoms with E-state index in [2.05, 4.69) is 24.1 Å². The fourth-order valence-corrected chi connectivity index (χ4v) is 3.45. The first-order valence-corrected chi connectivity index (χ1v) is 7.75. The summed E-state index contributed by atoms with van der Waals surface area (Å²) in [5.41, 5.74) is 0. The van der Waals surface area contributed by atoms with Crippen molar-refractivity contribution < 1.29 is 4.79 Å². The minimum absolute atomic E-state index is 0.382. The van der Waals surface area contributed by atoms with Gasteiger partial charge in [0.1, 0.15) is 0 Å². The normalized spacial score (nSPS) is 33.4. The number of nitrogens with zero attached hydrogens (tertiary/aromatic N) is 1. The lowest BCUT2D eigenvalue weighted by Crippen LogP contribution is -2.48. The smallest absolute Gasteiger partial charge is 0.224 e. The zero-order valence-electron chi connectivity index (χ0n) is 12.0. The van der Waals surface area contributed by atoms with Gasteiger partial charge in [0.05, 0.1) is 0 Å². The lowest BCUT2D eigenvalue weighted by molar-refractivity contribution is -0.135. The summed E-state index contributed by atoms with van der Waals surface area (Å²) in [6, 6.07) is 0.913. The molecule has 3 heteroatoms. The number of carbonyl (C=O) groups is 1. The first-order valence-electron chi connectivity index (χ1n) is 7.75. The van der Waals surface area contributed by atoms with Crippen LogP contribution >= 0.6 is 0 Å². The number of nitrogens with one attached hydrogen (secondary N) is 1. The fourth-order valence-electron chi connectivity index (χ4n) is 3.45. The molecule has 1 N–H and O–H groups in total. The SMILES string of the molecule is CCC1CCCCN1C(=O)CC1NCCCC1C. The van der Waals surface area contributed by atoms with Crippen molar-refractivity contribution in [3.63, 3.8) is 0 Å². The Bertz CT molecular complexity index is 280. The minimum Gasteiger partial charge on any atom is -0.340 e. The van der Waals surface area contributed by atoms with Crippen LogP contribution in [0.15, 0.2) is 0 Å². The van der Waals surface area contributed by atoms with E-state index in [1.54, 1.807) is 0 Å². The van der Waals surface area contributed by atoms with Crippen molar-refractivity contribution >= 4 is 5.91 Å². The number of likely N-dealkylation sites (tertiary alicyclic amines) is 1. The zero-order chi connectivity index (χ0) is 13.0. The van der Waals surface area contributed by atoms with Gasteiger partial charge in [-0.05, 0) is 51.0 Å². The lowest BCUT2D eigenvalue weighted by atomic mass is 9.89. The number of hydrogen-bond acceptors (Lipinski definition) is 2. The van der Waals surface area contributed by atoms with E-state index in [0.717, 1.165) is 19.5 Å². The van der Waals surface area contributed by atoms with Crippen LogP contribution in [0.1, 0.15) is 58.8 Å². The minimum atomic E-state index is 0.382. The Labute approximate surface area is 111 Å². The van der Waals surface area contributed by atoms with E-state index in [-0.39, 0.29) is 0 Å². The van der Waals surface area contributed by atoms with Crippen molar-refractivity contribution in [1.82, 2.24) is 10.2 Å². The molecule has 0 radical (unpaired) electrons. The van der Waals surface area contributed by atoms with Crippen LogP contribution in [0.3, 0.4) is 0 Å². The average molecular weight is 252 g/mol. The summed E-state index contributed by atoms with van der Waals surface area (Å²) in [6.45, 7) is 6.55. The maximum Gasteiger partial charge on any atom is 0.224 e. The second-order valence-corrected chi connectivity index (χ2v) is 6.03. The molecule has 2 saturated heterocycles. The third-order valence-electron chi connectivity index (χ3n) is 4.74. The van der Waals surface area contributed by atoms with E-state index in [4.69, 9.17) is 0 Å². The van der Waals surface area contributed by atoms with E-state index in [1.807, 2.05) is 0 Å². The van der Waals surface area contributed by atoms with E-state index < -0.39 is 0 Å². The first-order chi connectivity index (χ1) is 8.72. The maximum absolute atomic E-state index is 12.5. The molecule has 18 heavy (non-hydrogen) atoms. The summed E-state index contributed by atoms with van der Waals surface area (Å²) in [4.78, 5) is 14.6. The van der Waals surface area contributed by atoms with Crippen LogP contribution in [-0.4, -0.2) is 36.0 Å². The highest BCUT2D eigenvalue weighted by Crippen LogP contribution is 2.23. The van der Waals surface area contributed by atoms with E-state index >= 15 is 0 Å². The van der Waals surface area contributed by atoms with E-state index in [0.29, 0.717) is 30.3 Å². The summed E-state index contributed by atoms with van der Waals surface area (Å²) in [5.74, 6) is 1.03. The molecule has 2 rings (SSSR count). The van der Waals surface area contributed by atoms with Crippen molar-refractivity contribution in [3.8, 4) is 0 Å². The van der Waals surface area contributed by atoms with Gasteiger partial charge in [-0.15, -0.1) is 0 Å². The molecule has 0 aromatic heterocycles. The molecule has 2 aliphatic heterocycles. The van der Waals surface area contributed by atoms with Gasteiger partial charge >= 0.3 is 0 Å². The van der Waals surface area contributed by atoms with Gasteiger partial charge in [0.2, 0.25) is 5.91 Å². The molecule has 104 valence electrons. The van der Waals surface area contributed by atoms with Crippen molar-refractivity contribution in [2.24, 2.45) is 5.92 Å². The molecule has 0 aliphatic carbocycles. The summed E-state index contributed by atoms with van der Waals surface area (Å²) in [7, 11) is 0. The fraction of sp³-hybridized carbons (Fsp3) is 0.933. The molecular weight excluding hydrogens is 224 g/mol. The molecule has 0 spiro atoms. The second kappa shape index (κ2) is 6.55. The van der Waals surface area contributed by atoms with Gasteiger partial charge < -0.3 is 10.2 Å². The number of piperidine rings is 2. The van der Waals surface area contributed by atoms with Gasteiger partial charge in [-0.1, -0.05) is 13.8 Å². The molecule has 0 aromatic rings. The molecule has 3 unspecified atom stereocenters. The van der Waals surface area contributed by atoms with Crippen molar-refractivity contribution in [2.45, 2.75) is 70.9 Å². The van der Waals surface area contributed by atoms with Gasteiger partial charge in [0, 0.05) is 25.0 Å². The molecule has 0 saturated carbocycles. The Hall–Kier alpha value is -0.570. The van der Waals surface area contributed by atoms with Gasteiger partial charge in [-0.2, -0.15) is 0 Å². The number of hydrogen-bond donors (Lipinski definition) is 1. The molecule has 0 aromatic carbocycles. The number of carbonyl (C=O) groups excluding carboxylic acids is 1. The highest BCUT2D eigenvalue weighted by molar-refractivity contribution is 5.77. The predicted octanol–water partition coefficient (Wildman–Crippen LogP) is 2.56. The monoisotopic (exact) mass is 252 g/mol. The van der Waals surface area contributed by atoms with E-state index in [1.165, 1.54) is 32.1 Å². The van der Waals surface area contributed by atoms with Gasteiger partial charge in [-0.25, -0.2) is 0 Å². The predicted molar refractivity (Wildman–Crippen MR) is 74.4 cm³/mol.